The molecule has 0 spiro atoms. The van der Waals surface area contributed by atoms with Crippen molar-refractivity contribution in [2.45, 2.75) is 37.8 Å². The van der Waals surface area contributed by atoms with Gasteiger partial charge in [0.15, 0.2) is 0 Å². The van der Waals surface area contributed by atoms with Crippen LogP contribution in [-0.4, -0.2) is 20.4 Å². The van der Waals surface area contributed by atoms with E-state index in [1.165, 1.54) is 42.2 Å². The van der Waals surface area contributed by atoms with Crippen molar-refractivity contribution in [3.05, 3.63) is 57.8 Å². The molecule has 1 amide bonds. The van der Waals surface area contributed by atoms with Crippen LogP contribution in [-0.2, 0) is 27.8 Å². The first kappa shape index (κ1) is 19.0. The van der Waals surface area contributed by atoms with E-state index in [4.69, 9.17) is 0 Å². The number of amides is 1. The van der Waals surface area contributed by atoms with Crippen molar-refractivity contribution >= 4 is 37.5 Å². The topological polar surface area (TPSA) is 66.5 Å². The highest BCUT2D eigenvalue weighted by Crippen LogP contribution is 2.40. The van der Waals surface area contributed by atoms with Gasteiger partial charge in [0.25, 0.3) is 0 Å². The summed E-state index contributed by atoms with van der Waals surface area (Å²) in [5.41, 5.74) is 1.88. The Morgan fingerprint density at radius 1 is 1.31 bits per heavy atom. The lowest BCUT2D eigenvalue weighted by atomic mass is 10.1. The predicted octanol–water partition coefficient (Wildman–Crippen LogP) is 3.36. The summed E-state index contributed by atoms with van der Waals surface area (Å²) in [5, 5.41) is 0. The minimum atomic E-state index is -3.87. The second-order valence-corrected chi connectivity index (χ2v) is 8.96. The van der Waals surface area contributed by atoms with E-state index in [2.05, 4.69) is 20.7 Å². The molecule has 8 heteroatoms. The minimum Gasteiger partial charge on any atom is -0.308 e. The van der Waals surface area contributed by atoms with Crippen LogP contribution >= 0.6 is 15.9 Å². The van der Waals surface area contributed by atoms with E-state index in [9.17, 15) is 17.6 Å². The largest absolute Gasteiger partial charge is 0.308 e. The van der Waals surface area contributed by atoms with Crippen LogP contribution in [0, 0.1) is 5.82 Å². The number of halogens is 2. The standard InChI is InChI=1S/C18H18BrFN2O3S/c1-11-7-14-8-15(19)9-17(18(14)22(11)12(2)23)26(24,25)21-10-13-3-5-16(20)6-4-13/h3-6,8-9,11,21H,7,10H2,1-2H3/t11-/m0/s1. The van der Waals surface area contributed by atoms with E-state index in [0.29, 0.717) is 22.1 Å². The van der Waals surface area contributed by atoms with Gasteiger partial charge in [-0.1, -0.05) is 28.1 Å². The number of nitrogens with one attached hydrogen (secondary N) is 1. The number of sulfonamides is 1. The molecule has 0 unspecified atom stereocenters. The number of hydrogen-bond donors (Lipinski definition) is 1. The highest BCUT2D eigenvalue weighted by molar-refractivity contribution is 9.10. The number of carbonyl (C=O) groups excluding carboxylic acids is 1. The summed E-state index contributed by atoms with van der Waals surface area (Å²) < 4.78 is 42.0. The molecule has 26 heavy (non-hydrogen) atoms. The second-order valence-electron chi connectivity index (χ2n) is 6.30. The Kier molecular flexibility index (Phi) is 5.18. The van der Waals surface area contributed by atoms with E-state index >= 15 is 0 Å². The number of rotatable bonds is 4. The fourth-order valence-electron chi connectivity index (χ4n) is 3.22. The highest BCUT2D eigenvalue weighted by Gasteiger charge is 2.35. The Balaban J connectivity index is 1.98. The molecule has 1 N–H and O–H groups in total. The molecule has 1 heterocycles. The molecular formula is C18H18BrFN2O3S. The van der Waals surface area contributed by atoms with Gasteiger partial charge in [0, 0.05) is 24.0 Å². The Labute approximate surface area is 160 Å². The van der Waals surface area contributed by atoms with E-state index < -0.39 is 10.0 Å². The van der Waals surface area contributed by atoms with Crippen molar-refractivity contribution in [3.63, 3.8) is 0 Å². The molecule has 0 saturated heterocycles. The summed E-state index contributed by atoms with van der Waals surface area (Å²) in [6.07, 6.45) is 0.592. The number of carbonyl (C=O) groups is 1. The molecule has 0 aromatic heterocycles. The number of hydrogen-bond acceptors (Lipinski definition) is 3. The van der Waals surface area contributed by atoms with Crippen LogP contribution in [0.25, 0.3) is 0 Å². The summed E-state index contributed by atoms with van der Waals surface area (Å²) in [5.74, 6) is -0.582. The van der Waals surface area contributed by atoms with Gasteiger partial charge in [-0.3, -0.25) is 4.79 Å². The SMILES string of the molecule is CC(=O)N1c2c(cc(Br)cc2S(=O)(=O)NCc2ccc(F)cc2)C[C@@H]1C. The molecular weight excluding hydrogens is 423 g/mol. The number of benzene rings is 2. The summed E-state index contributed by atoms with van der Waals surface area (Å²) in [4.78, 5) is 13.6. The molecule has 0 radical (unpaired) electrons. The normalized spacial score (nSPS) is 16.6. The maximum Gasteiger partial charge on any atom is 0.242 e. The quantitative estimate of drug-likeness (QED) is 0.792. The predicted molar refractivity (Wildman–Crippen MR) is 101 cm³/mol. The lowest BCUT2D eigenvalue weighted by Crippen LogP contribution is -2.35. The molecule has 1 aliphatic rings. The summed E-state index contributed by atoms with van der Waals surface area (Å²) >= 11 is 3.35. The third-order valence-electron chi connectivity index (χ3n) is 4.32. The van der Waals surface area contributed by atoms with Gasteiger partial charge in [0.2, 0.25) is 15.9 Å². The van der Waals surface area contributed by atoms with Gasteiger partial charge >= 0.3 is 0 Å². The van der Waals surface area contributed by atoms with Gasteiger partial charge in [0.05, 0.1) is 5.69 Å². The Bertz CT molecular complexity index is 961. The maximum absolute atomic E-state index is 13.0. The molecule has 0 aliphatic carbocycles. The van der Waals surface area contributed by atoms with Crippen molar-refractivity contribution in [1.82, 2.24) is 4.72 Å². The van der Waals surface area contributed by atoms with Crippen LogP contribution in [0.2, 0.25) is 0 Å². The van der Waals surface area contributed by atoms with Gasteiger partial charge in [-0.15, -0.1) is 0 Å². The second kappa shape index (κ2) is 7.09. The van der Waals surface area contributed by atoms with Crippen LogP contribution in [0.5, 0.6) is 0 Å². The van der Waals surface area contributed by atoms with E-state index in [0.717, 1.165) is 5.56 Å². The molecule has 0 bridgehead atoms. The first-order valence-electron chi connectivity index (χ1n) is 8.05. The highest BCUT2D eigenvalue weighted by atomic mass is 79.9. The van der Waals surface area contributed by atoms with E-state index in [1.807, 2.05) is 13.0 Å². The van der Waals surface area contributed by atoms with Crippen LogP contribution in [0.1, 0.15) is 25.0 Å². The molecule has 1 atom stereocenters. The first-order chi connectivity index (χ1) is 12.2. The van der Waals surface area contributed by atoms with E-state index in [-0.39, 0.29) is 29.2 Å². The molecule has 138 valence electrons. The molecule has 0 fully saturated rings. The Morgan fingerprint density at radius 3 is 2.58 bits per heavy atom. The summed E-state index contributed by atoms with van der Waals surface area (Å²) in [7, 11) is -3.87. The van der Waals surface area contributed by atoms with Gasteiger partial charge < -0.3 is 4.90 Å². The van der Waals surface area contributed by atoms with Gasteiger partial charge in [-0.2, -0.15) is 0 Å². The fraction of sp³-hybridized carbons (Fsp3) is 0.278. The molecule has 5 nitrogen and oxygen atoms in total. The smallest absolute Gasteiger partial charge is 0.242 e. The molecule has 1 aliphatic heterocycles. The van der Waals surface area contributed by atoms with Crippen LogP contribution < -0.4 is 9.62 Å². The van der Waals surface area contributed by atoms with Crippen molar-refractivity contribution in [3.8, 4) is 0 Å². The van der Waals surface area contributed by atoms with Crippen molar-refractivity contribution in [2.75, 3.05) is 4.90 Å². The Morgan fingerprint density at radius 2 is 1.96 bits per heavy atom. The zero-order valence-electron chi connectivity index (χ0n) is 14.3. The average molecular weight is 441 g/mol. The monoisotopic (exact) mass is 440 g/mol. The lowest BCUT2D eigenvalue weighted by Gasteiger charge is -2.23. The maximum atomic E-state index is 13.0. The third-order valence-corrected chi connectivity index (χ3v) is 6.20. The Hall–Kier alpha value is -1.77. The number of nitrogens with zero attached hydrogens (tertiary/aromatic N) is 1. The number of anilines is 1. The molecule has 2 aromatic carbocycles. The van der Waals surface area contributed by atoms with Crippen LogP contribution in [0.3, 0.4) is 0 Å². The lowest BCUT2D eigenvalue weighted by molar-refractivity contribution is -0.116. The zero-order valence-corrected chi connectivity index (χ0v) is 16.7. The van der Waals surface area contributed by atoms with E-state index in [1.54, 1.807) is 0 Å². The minimum absolute atomic E-state index is 0.0273. The van der Waals surface area contributed by atoms with Gasteiger partial charge in [0.1, 0.15) is 10.7 Å². The molecule has 2 aromatic rings. The third kappa shape index (κ3) is 3.67. The molecule has 3 rings (SSSR count). The van der Waals surface area contributed by atoms with Gasteiger partial charge in [-0.05, 0) is 48.7 Å². The van der Waals surface area contributed by atoms with Gasteiger partial charge in [-0.25, -0.2) is 17.5 Å². The summed E-state index contributed by atoms with van der Waals surface area (Å²) in [6, 6.07) is 8.83. The van der Waals surface area contributed by atoms with Crippen molar-refractivity contribution < 1.29 is 17.6 Å². The number of fused-ring (bicyclic) bond motifs is 1. The molecule has 0 saturated carbocycles. The van der Waals surface area contributed by atoms with Crippen LogP contribution in [0.4, 0.5) is 10.1 Å². The summed E-state index contributed by atoms with van der Waals surface area (Å²) in [6.45, 7) is 3.34. The fourth-order valence-corrected chi connectivity index (χ4v) is 5.15. The van der Waals surface area contributed by atoms with Crippen LogP contribution in [0.15, 0.2) is 45.8 Å². The first-order valence-corrected chi connectivity index (χ1v) is 10.3. The van der Waals surface area contributed by atoms with Crippen molar-refractivity contribution in [1.29, 1.82) is 0 Å². The zero-order chi connectivity index (χ0) is 19.1. The van der Waals surface area contributed by atoms with Crippen molar-refractivity contribution in [2.24, 2.45) is 0 Å². The average Bonchev–Trinajstić information content (AvgIpc) is 2.89.